The molecule has 0 bridgehead atoms. The summed E-state index contributed by atoms with van der Waals surface area (Å²) in [6, 6.07) is 3.46. The Hall–Kier alpha value is -2.83. The first-order valence-corrected chi connectivity index (χ1v) is 9.61. The molecule has 150 valence electrons. The summed E-state index contributed by atoms with van der Waals surface area (Å²) in [5.74, 6) is -1.20. The lowest BCUT2D eigenvalue weighted by Gasteiger charge is -2.15. The molecule has 28 heavy (non-hydrogen) atoms. The van der Waals surface area contributed by atoms with Gasteiger partial charge in [0.05, 0.1) is 12.7 Å². The van der Waals surface area contributed by atoms with Gasteiger partial charge >= 0.3 is 12.0 Å². The van der Waals surface area contributed by atoms with Crippen molar-refractivity contribution in [2.75, 3.05) is 0 Å². The van der Waals surface area contributed by atoms with E-state index in [1.165, 1.54) is 13.2 Å². The van der Waals surface area contributed by atoms with Crippen LogP contribution in [0.3, 0.4) is 0 Å². The number of rotatable bonds is 5. The Kier molecular flexibility index (Phi) is 6.02. The summed E-state index contributed by atoms with van der Waals surface area (Å²) >= 11 is 0. The minimum atomic E-state index is -1.07. The standard InChI is InChI=1S/C21H26N2O5/c1-12-8-17-15(11-27-18(17)9-13(12)2)10-19(24)28-14(3)20(25)23-21(26)22-16-6-4-5-7-16/h8-9,11,14,16H,4-7,10H2,1-3H3,(H2,22,23,25,26). The molecule has 2 N–H and O–H groups in total. The van der Waals surface area contributed by atoms with Crippen LogP contribution in [0.5, 0.6) is 0 Å². The van der Waals surface area contributed by atoms with E-state index in [0.29, 0.717) is 11.1 Å². The van der Waals surface area contributed by atoms with Gasteiger partial charge in [0.2, 0.25) is 0 Å². The number of aryl methyl sites for hydroxylation is 2. The van der Waals surface area contributed by atoms with Crippen LogP contribution >= 0.6 is 0 Å². The van der Waals surface area contributed by atoms with Gasteiger partial charge in [-0.2, -0.15) is 0 Å². The summed E-state index contributed by atoms with van der Waals surface area (Å²) < 4.78 is 10.7. The molecule has 7 nitrogen and oxygen atoms in total. The highest BCUT2D eigenvalue weighted by molar-refractivity contribution is 5.97. The van der Waals surface area contributed by atoms with Gasteiger partial charge in [-0.15, -0.1) is 0 Å². The number of fused-ring (bicyclic) bond motifs is 1. The molecule has 0 aliphatic heterocycles. The molecule has 3 rings (SSSR count). The number of benzene rings is 1. The number of hydrogen-bond donors (Lipinski definition) is 2. The Labute approximate surface area is 163 Å². The minimum absolute atomic E-state index is 0.0125. The summed E-state index contributed by atoms with van der Waals surface area (Å²) in [5, 5.41) is 5.84. The van der Waals surface area contributed by atoms with Crippen LogP contribution in [0.2, 0.25) is 0 Å². The third kappa shape index (κ3) is 4.71. The lowest BCUT2D eigenvalue weighted by atomic mass is 10.0. The molecule has 2 aromatic rings. The van der Waals surface area contributed by atoms with Crippen LogP contribution in [0.25, 0.3) is 11.0 Å². The maximum Gasteiger partial charge on any atom is 0.321 e. The number of furan rings is 1. The Balaban J connectivity index is 1.53. The molecule has 1 heterocycles. The number of hydrogen-bond acceptors (Lipinski definition) is 5. The lowest BCUT2D eigenvalue weighted by molar-refractivity contribution is -0.153. The highest BCUT2D eigenvalue weighted by Gasteiger charge is 2.23. The fourth-order valence-electron chi connectivity index (χ4n) is 3.43. The van der Waals surface area contributed by atoms with E-state index in [9.17, 15) is 14.4 Å². The highest BCUT2D eigenvalue weighted by Crippen LogP contribution is 2.25. The number of urea groups is 1. The molecule has 0 spiro atoms. The second-order valence-electron chi connectivity index (χ2n) is 7.45. The third-order valence-electron chi connectivity index (χ3n) is 5.21. The third-order valence-corrected chi connectivity index (χ3v) is 5.21. The van der Waals surface area contributed by atoms with Gasteiger partial charge in [-0.05, 0) is 56.9 Å². The zero-order valence-electron chi connectivity index (χ0n) is 16.5. The van der Waals surface area contributed by atoms with Gasteiger partial charge in [0.1, 0.15) is 5.58 Å². The molecule has 3 amide bonds. The molecule has 1 saturated carbocycles. The van der Waals surface area contributed by atoms with E-state index >= 15 is 0 Å². The summed E-state index contributed by atoms with van der Waals surface area (Å²) in [6.45, 7) is 5.43. The van der Waals surface area contributed by atoms with E-state index in [1.54, 1.807) is 0 Å². The largest absolute Gasteiger partial charge is 0.464 e. The first-order valence-electron chi connectivity index (χ1n) is 9.61. The molecular formula is C21H26N2O5. The fourth-order valence-corrected chi connectivity index (χ4v) is 3.43. The predicted molar refractivity (Wildman–Crippen MR) is 104 cm³/mol. The maximum absolute atomic E-state index is 12.2. The van der Waals surface area contributed by atoms with Crippen LogP contribution in [0.4, 0.5) is 4.79 Å². The number of esters is 1. The van der Waals surface area contributed by atoms with Gasteiger partial charge < -0.3 is 14.5 Å². The van der Waals surface area contributed by atoms with Crippen LogP contribution in [0, 0.1) is 13.8 Å². The number of nitrogens with one attached hydrogen (secondary N) is 2. The van der Waals surface area contributed by atoms with Crippen LogP contribution < -0.4 is 10.6 Å². The van der Waals surface area contributed by atoms with Crippen LogP contribution in [0.15, 0.2) is 22.8 Å². The van der Waals surface area contributed by atoms with E-state index < -0.39 is 24.0 Å². The SMILES string of the molecule is Cc1cc2occ(CC(=O)OC(C)C(=O)NC(=O)NC3CCCC3)c2cc1C. The molecule has 1 fully saturated rings. The molecular weight excluding hydrogens is 360 g/mol. The van der Waals surface area contributed by atoms with E-state index in [2.05, 4.69) is 10.6 Å². The Morgan fingerprint density at radius 2 is 1.86 bits per heavy atom. The monoisotopic (exact) mass is 386 g/mol. The van der Waals surface area contributed by atoms with Crippen molar-refractivity contribution < 1.29 is 23.5 Å². The van der Waals surface area contributed by atoms with Crippen LogP contribution in [-0.2, 0) is 20.7 Å². The average molecular weight is 386 g/mol. The molecule has 7 heteroatoms. The summed E-state index contributed by atoms with van der Waals surface area (Å²) in [6.07, 6.45) is 4.45. The summed E-state index contributed by atoms with van der Waals surface area (Å²) in [5.41, 5.74) is 3.62. The van der Waals surface area contributed by atoms with E-state index in [-0.39, 0.29) is 12.5 Å². The first-order chi connectivity index (χ1) is 13.3. The minimum Gasteiger partial charge on any atom is -0.464 e. The van der Waals surface area contributed by atoms with Crippen molar-refractivity contribution in [1.29, 1.82) is 0 Å². The zero-order chi connectivity index (χ0) is 20.3. The van der Waals surface area contributed by atoms with E-state index in [0.717, 1.165) is 42.2 Å². The number of carbonyl (C=O) groups is 3. The molecule has 1 aromatic heterocycles. The van der Waals surface area contributed by atoms with Crippen molar-refractivity contribution in [3.05, 3.63) is 35.1 Å². The molecule has 1 unspecified atom stereocenters. The van der Waals surface area contributed by atoms with Crippen molar-refractivity contribution in [1.82, 2.24) is 10.6 Å². The van der Waals surface area contributed by atoms with Gasteiger partial charge in [-0.1, -0.05) is 12.8 Å². The number of amides is 3. The number of carbonyl (C=O) groups excluding carboxylic acids is 3. The number of imide groups is 1. The van der Waals surface area contributed by atoms with Gasteiger partial charge in [-0.25, -0.2) is 4.79 Å². The topological polar surface area (TPSA) is 97.6 Å². The zero-order valence-corrected chi connectivity index (χ0v) is 16.5. The Morgan fingerprint density at radius 3 is 2.57 bits per heavy atom. The summed E-state index contributed by atoms with van der Waals surface area (Å²) in [7, 11) is 0. The lowest BCUT2D eigenvalue weighted by Crippen LogP contribution is -2.47. The predicted octanol–water partition coefficient (Wildman–Crippen LogP) is 3.29. The molecule has 1 aromatic carbocycles. The quantitative estimate of drug-likeness (QED) is 0.769. The first kappa shape index (κ1) is 19.9. The molecule has 1 atom stereocenters. The average Bonchev–Trinajstić information content (AvgIpc) is 3.26. The van der Waals surface area contributed by atoms with Crippen molar-refractivity contribution in [2.24, 2.45) is 0 Å². The maximum atomic E-state index is 12.2. The van der Waals surface area contributed by atoms with Crippen molar-refractivity contribution in [3.63, 3.8) is 0 Å². The fraction of sp³-hybridized carbons (Fsp3) is 0.476. The van der Waals surface area contributed by atoms with Crippen LogP contribution in [-0.4, -0.2) is 30.1 Å². The van der Waals surface area contributed by atoms with E-state index in [4.69, 9.17) is 9.15 Å². The Bertz CT molecular complexity index is 896. The van der Waals surface area contributed by atoms with Gasteiger partial charge in [0, 0.05) is 17.0 Å². The van der Waals surface area contributed by atoms with Crippen molar-refractivity contribution in [3.8, 4) is 0 Å². The van der Waals surface area contributed by atoms with Crippen LogP contribution in [0.1, 0.15) is 49.3 Å². The molecule has 1 aliphatic rings. The smallest absolute Gasteiger partial charge is 0.321 e. The summed E-state index contributed by atoms with van der Waals surface area (Å²) in [4.78, 5) is 36.2. The number of ether oxygens (including phenoxy) is 1. The molecule has 1 aliphatic carbocycles. The van der Waals surface area contributed by atoms with Crippen molar-refractivity contribution in [2.45, 2.75) is 65.0 Å². The normalized spacial score (nSPS) is 15.4. The van der Waals surface area contributed by atoms with Crippen molar-refractivity contribution >= 4 is 28.9 Å². The highest BCUT2D eigenvalue weighted by atomic mass is 16.5. The van der Waals surface area contributed by atoms with E-state index in [1.807, 2.05) is 26.0 Å². The van der Waals surface area contributed by atoms with Gasteiger partial charge in [-0.3, -0.25) is 14.9 Å². The second kappa shape index (κ2) is 8.46. The van der Waals surface area contributed by atoms with Gasteiger partial charge in [0.15, 0.2) is 6.10 Å². The Morgan fingerprint density at radius 1 is 1.18 bits per heavy atom. The molecule has 0 radical (unpaired) electrons. The molecule has 0 saturated heterocycles. The van der Waals surface area contributed by atoms with Gasteiger partial charge in [0.25, 0.3) is 5.91 Å². The second-order valence-corrected chi connectivity index (χ2v) is 7.45.